The van der Waals surface area contributed by atoms with Gasteiger partial charge in [-0.15, -0.1) is 6.58 Å². The smallest absolute Gasteiger partial charge is 0.331 e. The van der Waals surface area contributed by atoms with Gasteiger partial charge in [-0.05, 0) is 48.4 Å². The van der Waals surface area contributed by atoms with Crippen LogP contribution in [-0.2, 0) is 16.2 Å². The Morgan fingerprint density at radius 2 is 1.81 bits per heavy atom. The summed E-state index contributed by atoms with van der Waals surface area (Å²) in [5, 5.41) is 3.03. The monoisotopic (exact) mass is 474 g/mol. The second-order valence-electron chi connectivity index (χ2n) is 6.70. The zero-order valence-electron chi connectivity index (χ0n) is 17.2. The molecule has 0 aliphatic carbocycles. The van der Waals surface area contributed by atoms with Crippen LogP contribution in [0.3, 0.4) is 0 Å². The summed E-state index contributed by atoms with van der Waals surface area (Å²) in [6.45, 7) is 5.94. The van der Waals surface area contributed by atoms with Crippen molar-refractivity contribution in [1.82, 2.24) is 10.2 Å². The molecule has 3 rings (SSSR count). The third-order valence-corrected chi connectivity index (χ3v) is 5.19. The SMILES string of the molecule is C=CCN1C(=O)NC(=O)/C(=C/c2ccc(OCc3ccc(Cl)c(Cl)c3)c(OCC)c2)C1=O. The van der Waals surface area contributed by atoms with E-state index >= 15 is 0 Å². The van der Waals surface area contributed by atoms with Gasteiger partial charge in [0.05, 0.1) is 16.7 Å². The van der Waals surface area contributed by atoms with Crippen molar-refractivity contribution in [1.29, 1.82) is 0 Å². The number of halogens is 2. The van der Waals surface area contributed by atoms with E-state index in [0.29, 0.717) is 33.7 Å². The Hall–Kier alpha value is -3.29. The highest BCUT2D eigenvalue weighted by atomic mass is 35.5. The Kier molecular flexibility index (Phi) is 7.56. The summed E-state index contributed by atoms with van der Waals surface area (Å²) in [7, 11) is 0. The van der Waals surface area contributed by atoms with Crippen molar-refractivity contribution >= 4 is 47.1 Å². The molecule has 32 heavy (non-hydrogen) atoms. The van der Waals surface area contributed by atoms with Gasteiger partial charge in [0.2, 0.25) is 0 Å². The maximum Gasteiger partial charge on any atom is 0.331 e. The van der Waals surface area contributed by atoms with Crippen LogP contribution >= 0.6 is 23.2 Å². The molecule has 1 heterocycles. The van der Waals surface area contributed by atoms with E-state index in [1.54, 1.807) is 36.4 Å². The minimum atomic E-state index is -0.780. The summed E-state index contributed by atoms with van der Waals surface area (Å²) in [4.78, 5) is 37.6. The lowest BCUT2D eigenvalue weighted by atomic mass is 10.1. The van der Waals surface area contributed by atoms with Gasteiger partial charge in [-0.25, -0.2) is 4.79 Å². The van der Waals surface area contributed by atoms with Crippen LogP contribution in [0, 0.1) is 0 Å². The van der Waals surface area contributed by atoms with Crippen molar-refractivity contribution in [3.8, 4) is 11.5 Å². The van der Waals surface area contributed by atoms with Gasteiger partial charge in [-0.3, -0.25) is 19.8 Å². The standard InChI is InChI=1S/C23H20Cl2N2O5/c1-3-9-27-22(29)16(21(28)26-23(27)30)10-14-6-8-19(20(12-14)31-4-2)32-13-15-5-7-17(24)18(25)11-15/h3,5-8,10-12H,1,4,9,13H2,2H3,(H,26,28,30)/b16-10-. The first-order valence-electron chi connectivity index (χ1n) is 9.67. The Balaban J connectivity index is 1.85. The van der Waals surface area contributed by atoms with Crippen molar-refractivity contribution < 1.29 is 23.9 Å². The molecule has 0 atom stereocenters. The van der Waals surface area contributed by atoms with E-state index in [4.69, 9.17) is 32.7 Å². The van der Waals surface area contributed by atoms with Gasteiger partial charge < -0.3 is 9.47 Å². The highest BCUT2D eigenvalue weighted by Crippen LogP contribution is 2.31. The molecule has 0 spiro atoms. The summed E-state index contributed by atoms with van der Waals surface area (Å²) >= 11 is 12.0. The van der Waals surface area contributed by atoms with Crippen LogP contribution < -0.4 is 14.8 Å². The number of ether oxygens (including phenoxy) is 2. The maximum atomic E-state index is 12.6. The summed E-state index contributed by atoms with van der Waals surface area (Å²) in [5.41, 5.74) is 1.18. The molecule has 0 aromatic heterocycles. The van der Waals surface area contributed by atoms with E-state index in [0.717, 1.165) is 10.5 Å². The average molecular weight is 475 g/mol. The van der Waals surface area contributed by atoms with E-state index < -0.39 is 17.8 Å². The summed E-state index contributed by atoms with van der Waals surface area (Å²) in [6.07, 6.45) is 2.80. The van der Waals surface area contributed by atoms with Crippen LogP contribution in [0.1, 0.15) is 18.1 Å². The molecule has 2 aromatic carbocycles. The number of imide groups is 2. The highest BCUT2D eigenvalue weighted by Gasteiger charge is 2.34. The minimum absolute atomic E-state index is 0.0129. The molecule has 1 aliphatic rings. The number of rotatable bonds is 8. The number of urea groups is 1. The molecular formula is C23H20Cl2N2O5. The normalized spacial score (nSPS) is 15.0. The van der Waals surface area contributed by atoms with Crippen LogP contribution in [0.25, 0.3) is 6.08 Å². The lowest BCUT2D eigenvalue weighted by Gasteiger charge is -2.25. The maximum absolute atomic E-state index is 12.6. The fourth-order valence-electron chi connectivity index (χ4n) is 2.95. The zero-order chi connectivity index (χ0) is 23.3. The minimum Gasteiger partial charge on any atom is -0.490 e. The predicted molar refractivity (Wildman–Crippen MR) is 122 cm³/mol. The van der Waals surface area contributed by atoms with Crippen molar-refractivity contribution in [2.75, 3.05) is 13.2 Å². The molecule has 0 radical (unpaired) electrons. The molecule has 1 fully saturated rings. The van der Waals surface area contributed by atoms with Crippen LogP contribution in [0.2, 0.25) is 10.0 Å². The van der Waals surface area contributed by atoms with Crippen molar-refractivity contribution in [2.24, 2.45) is 0 Å². The molecule has 166 valence electrons. The number of benzene rings is 2. The van der Waals surface area contributed by atoms with Gasteiger partial charge >= 0.3 is 6.03 Å². The van der Waals surface area contributed by atoms with E-state index in [9.17, 15) is 14.4 Å². The Morgan fingerprint density at radius 3 is 2.50 bits per heavy atom. The Labute approximate surface area is 195 Å². The first-order valence-corrected chi connectivity index (χ1v) is 10.4. The van der Waals surface area contributed by atoms with Crippen molar-refractivity contribution in [3.05, 3.63) is 75.8 Å². The van der Waals surface area contributed by atoms with E-state index in [-0.39, 0.29) is 18.7 Å². The quantitative estimate of drug-likeness (QED) is 0.342. The molecule has 1 N–H and O–H groups in total. The zero-order valence-corrected chi connectivity index (χ0v) is 18.7. The number of barbiturate groups is 1. The van der Waals surface area contributed by atoms with Crippen molar-refractivity contribution in [3.63, 3.8) is 0 Å². The second kappa shape index (κ2) is 10.3. The van der Waals surface area contributed by atoms with Gasteiger partial charge in [-0.1, -0.05) is 41.4 Å². The molecule has 1 saturated heterocycles. The molecule has 2 aromatic rings. The molecule has 0 saturated carbocycles. The number of nitrogens with one attached hydrogen (secondary N) is 1. The fraction of sp³-hybridized carbons (Fsp3) is 0.174. The topological polar surface area (TPSA) is 84.9 Å². The predicted octanol–water partition coefficient (Wildman–Crippen LogP) is 4.62. The number of carbonyl (C=O) groups excluding carboxylic acids is 3. The molecule has 4 amide bonds. The molecule has 1 aliphatic heterocycles. The number of amides is 4. The lowest BCUT2D eigenvalue weighted by Crippen LogP contribution is -2.54. The Bertz CT molecular complexity index is 1110. The van der Waals surface area contributed by atoms with Crippen LogP contribution in [0.5, 0.6) is 11.5 Å². The van der Waals surface area contributed by atoms with Gasteiger partial charge in [0.25, 0.3) is 11.8 Å². The van der Waals surface area contributed by atoms with Gasteiger partial charge in [0, 0.05) is 6.54 Å². The fourth-order valence-corrected chi connectivity index (χ4v) is 3.27. The third kappa shape index (κ3) is 5.30. The Morgan fingerprint density at radius 1 is 1.03 bits per heavy atom. The first-order chi connectivity index (χ1) is 15.3. The van der Waals surface area contributed by atoms with E-state index in [1.165, 1.54) is 12.2 Å². The number of hydrogen-bond donors (Lipinski definition) is 1. The van der Waals surface area contributed by atoms with Crippen LogP contribution in [-0.4, -0.2) is 35.9 Å². The second-order valence-corrected chi connectivity index (χ2v) is 7.51. The highest BCUT2D eigenvalue weighted by molar-refractivity contribution is 6.42. The number of nitrogens with zero attached hydrogens (tertiary/aromatic N) is 1. The van der Waals surface area contributed by atoms with Crippen LogP contribution in [0.15, 0.2) is 54.6 Å². The third-order valence-electron chi connectivity index (χ3n) is 4.45. The van der Waals surface area contributed by atoms with E-state index in [1.807, 2.05) is 6.92 Å². The molecular weight excluding hydrogens is 455 g/mol. The van der Waals surface area contributed by atoms with Crippen LogP contribution in [0.4, 0.5) is 4.79 Å². The number of carbonyl (C=O) groups is 3. The summed E-state index contributed by atoms with van der Waals surface area (Å²) < 4.78 is 11.5. The lowest BCUT2D eigenvalue weighted by molar-refractivity contribution is -0.129. The van der Waals surface area contributed by atoms with E-state index in [2.05, 4.69) is 11.9 Å². The van der Waals surface area contributed by atoms with Gasteiger partial charge in [0.1, 0.15) is 12.2 Å². The first kappa shape index (κ1) is 23.4. The average Bonchev–Trinajstić information content (AvgIpc) is 2.76. The van der Waals surface area contributed by atoms with Crippen molar-refractivity contribution in [2.45, 2.75) is 13.5 Å². The summed E-state index contributed by atoms with van der Waals surface area (Å²) in [5.74, 6) is -0.553. The van der Waals surface area contributed by atoms with Gasteiger partial charge in [0.15, 0.2) is 11.5 Å². The largest absolute Gasteiger partial charge is 0.490 e. The molecule has 7 nitrogen and oxygen atoms in total. The molecule has 0 bridgehead atoms. The number of hydrogen-bond acceptors (Lipinski definition) is 5. The molecule has 0 unspecified atom stereocenters. The summed E-state index contributed by atoms with van der Waals surface area (Å²) in [6, 6.07) is 9.42. The molecule has 9 heteroatoms. The van der Waals surface area contributed by atoms with Gasteiger partial charge in [-0.2, -0.15) is 0 Å².